The minimum Gasteiger partial charge on any atom is -0.247 e. The SMILES string of the molecule is c1ccc(-c2ncc(-c3cc(-c4ccccc4)c(-c4ccc(-c5nc6ccccc6c6c7ccccc7c7ccccc7c56)cc4)c(-c4ccccc4)c3)cn2)cc1. The lowest BCUT2D eigenvalue weighted by molar-refractivity contribution is 1.18. The average molecular weight is 738 g/mol. The van der Waals surface area contributed by atoms with Crippen molar-refractivity contribution < 1.29 is 0 Å². The molecule has 0 spiro atoms. The van der Waals surface area contributed by atoms with Gasteiger partial charge >= 0.3 is 0 Å². The van der Waals surface area contributed by atoms with Crippen LogP contribution in [0.4, 0.5) is 0 Å². The number of hydrogen-bond acceptors (Lipinski definition) is 3. The molecule has 0 atom stereocenters. The number of pyridine rings is 1. The van der Waals surface area contributed by atoms with E-state index < -0.39 is 0 Å². The van der Waals surface area contributed by atoms with Crippen LogP contribution in [0.2, 0.25) is 0 Å². The normalized spacial score (nSPS) is 11.4. The summed E-state index contributed by atoms with van der Waals surface area (Å²) in [7, 11) is 0. The van der Waals surface area contributed by atoms with Gasteiger partial charge in [-0.05, 0) is 78.7 Å². The third-order valence-corrected chi connectivity index (χ3v) is 11.3. The van der Waals surface area contributed by atoms with Gasteiger partial charge in [-0.1, -0.05) is 182 Å². The van der Waals surface area contributed by atoms with E-state index in [1.165, 1.54) is 43.3 Å². The minimum absolute atomic E-state index is 0.711. The highest BCUT2D eigenvalue weighted by molar-refractivity contribution is 6.33. The molecule has 2 aromatic heterocycles. The lowest BCUT2D eigenvalue weighted by Gasteiger charge is -2.20. The Bertz CT molecular complexity index is 3230. The van der Waals surface area contributed by atoms with Gasteiger partial charge in [0.25, 0.3) is 0 Å². The highest BCUT2D eigenvalue weighted by Crippen LogP contribution is 2.46. The van der Waals surface area contributed by atoms with Crippen molar-refractivity contribution in [2.24, 2.45) is 0 Å². The molecule has 0 bridgehead atoms. The predicted molar refractivity (Wildman–Crippen MR) is 242 cm³/mol. The molecule has 0 saturated heterocycles. The highest BCUT2D eigenvalue weighted by Gasteiger charge is 2.20. The number of para-hydroxylation sites is 1. The zero-order valence-corrected chi connectivity index (χ0v) is 31.5. The summed E-state index contributed by atoms with van der Waals surface area (Å²) in [5, 5.41) is 8.54. The van der Waals surface area contributed by atoms with Crippen LogP contribution in [0.25, 0.3) is 110 Å². The molecule has 11 rings (SSSR count). The number of hydrogen-bond donors (Lipinski definition) is 0. The molecule has 3 nitrogen and oxygen atoms in total. The Labute approximate surface area is 336 Å². The van der Waals surface area contributed by atoms with Crippen LogP contribution in [0.5, 0.6) is 0 Å². The molecule has 0 N–H and O–H groups in total. The standard InChI is InChI=1S/C55H35N3/c1-4-16-36(17-5-1)48-32-41(42-34-56-55(57-35-42)40-20-8-3-9-21-40)33-49(37-18-6-2-7-19-37)51(48)38-28-30-39(31-29-38)54-53-46-25-13-11-23-44(46)43-22-10-12-24-45(43)52(53)47-26-14-15-27-50(47)58-54/h1-35H. The van der Waals surface area contributed by atoms with Crippen molar-refractivity contribution >= 4 is 43.2 Å². The second-order valence-electron chi connectivity index (χ2n) is 14.7. The Kier molecular flexibility index (Phi) is 8.15. The van der Waals surface area contributed by atoms with Crippen molar-refractivity contribution in [1.29, 1.82) is 0 Å². The van der Waals surface area contributed by atoms with Crippen LogP contribution >= 0.6 is 0 Å². The van der Waals surface area contributed by atoms with Gasteiger partial charge < -0.3 is 0 Å². The molecule has 0 fully saturated rings. The Morgan fingerprint density at radius 1 is 0.293 bits per heavy atom. The van der Waals surface area contributed by atoms with E-state index in [9.17, 15) is 0 Å². The van der Waals surface area contributed by atoms with E-state index in [4.69, 9.17) is 15.0 Å². The average Bonchev–Trinajstić information content (AvgIpc) is 3.31. The van der Waals surface area contributed by atoms with Gasteiger partial charge in [0.2, 0.25) is 0 Å². The quantitative estimate of drug-likeness (QED) is 0.160. The first-order valence-electron chi connectivity index (χ1n) is 19.7. The summed E-state index contributed by atoms with van der Waals surface area (Å²) in [5.74, 6) is 0.711. The summed E-state index contributed by atoms with van der Waals surface area (Å²) in [6.07, 6.45) is 3.88. The van der Waals surface area contributed by atoms with E-state index in [0.29, 0.717) is 5.82 Å². The molecule has 9 aromatic carbocycles. The van der Waals surface area contributed by atoms with E-state index in [-0.39, 0.29) is 0 Å². The molecule has 270 valence electrons. The smallest absolute Gasteiger partial charge is 0.159 e. The molecule has 2 heterocycles. The van der Waals surface area contributed by atoms with Gasteiger partial charge in [0.1, 0.15) is 0 Å². The molecule has 0 saturated carbocycles. The number of benzene rings is 9. The van der Waals surface area contributed by atoms with E-state index in [1.807, 2.05) is 42.7 Å². The van der Waals surface area contributed by atoms with Crippen molar-refractivity contribution in [3.05, 3.63) is 213 Å². The van der Waals surface area contributed by atoms with Gasteiger partial charge in [-0.2, -0.15) is 0 Å². The van der Waals surface area contributed by atoms with Crippen molar-refractivity contribution in [1.82, 2.24) is 15.0 Å². The van der Waals surface area contributed by atoms with E-state index in [0.717, 1.165) is 61.3 Å². The van der Waals surface area contributed by atoms with Gasteiger partial charge in [0, 0.05) is 45.2 Å². The van der Waals surface area contributed by atoms with Crippen LogP contribution < -0.4 is 0 Å². The Morgan fingerprint density at radius 3 is 1.31 bits per heavy atom. The van der Waals surface area contributed by atoms with Crippen LogP contribution in [0.3, 0.4) is 0 Å². The first kappa shape index (κ1) is 33.6. The topological polar surface area (TPSA) is 38.7 Å². The minimum atomic E-state index is 0.711. The van der Waals surface area contributed by atoms with Crippen LogP contribution in [0.1, 0.15) is 0 Å². The molecular formula is C55H35N3. The largest absolute Gasteiger partial charge is 0.247 e. The van der Waals surface area contributed by atoms with Crippen molar-refractivity contribution in [3.63, 3.8) is 0 Å². The molecule has 0 unspecified atom stereocenters. The van der Waals surface area contributed by atoms with Crippen LogP contribution in [0.15, 0.2) is 213 Å². The van der Waals surface area contributed by atoms with Crippen molar-refractivity contribution in [2.45, 2.75) is 0 Å². The van der Waals surface area contributed by atoms with Crippen molar-refractivity contribution in [3.8, 4) is 67.2 Å². The lowest BCUT2D eigenvalue weighted by Crippen LogP contribution is -1.95. The van der Waals surface area contributed by atoms with E-state index in [2.05, 4.69) is 170 Å². The van der Waals surface area contributed by atoms with Gasteiger partial charge in [0.05, 0.1) is 11.2 Å². The molecule has 0 aliphatic carbocycles. The Morgan fingerprint density at radius 2 is 0.741 bits per heavy atom. The summed E-state index contributed by atoms with van der Waals surface area (Å²) in [5.41, 5.74) is 12.9. The maximum Gasteiger partial charge on any atom is 0.159 e. The predicted octanol–water partition coefficient (Wildman–Crippen LogP) is 14.5. The zero-order valence-electron chi connectivity index (χ0n) is 31.5. The molecule has 3 heteroatoms. The number of aromatic nitrogens is 3. The summed E-state index contributed by atoms with van der Waals surface area (Å²) in [6, 6.07) is 71.2. The molecule has 11 aromatic rings. The van der Waals surface area contributed by atoms with Crippen molar-refractivity contribution in [2.75, 3.05) is 0 Å². The first-order chi connectivity index (χ1) is 28.8. The molecule has 58 heavy (non-hydrogen) atoms. The van der Waals surface area contributed by atoms with Crippen LogP contribution in [-0.2, 0) is 0 Å². The fourth-order valence-electron chi connectivity index (χ4n) is 8.65. The fraction of sp³-hybridized carbons (Fsp3) is 0. The third-order valence-electron chi connectivity index (χ3n) is 11.3. The maximum absolute atomic E-state index is 5.42. The molecular weight excluding hydrogens is 703 g/mol. The second-order valence-corrected chi connectivity index (χ2v) is 14.7. The number of rotatable bonds is 6. The Balaban J connectivity index is 1.13. The van der Waals surface area contributed by atoms with Gasteiger partial charge in [-0.3, -0.25) is 0 Å². The van der Waals surface area contributed by atoms with E-state index in [1.54, 1.807) is 0 Å². The molecule has 0 aliphatic heterocycles. The summed E-state index contributed by atoms with van der Waals surface area (Å²) >= 11 is 0. The highest BCUT2D eigenvalue weighted by atomic mass is 14.9. The lowest BCUT2D eigenvalue weighted by atomic mass is 9.84. The molecule has 0 radical (unpaired) electrons. The summed E-state index contributed by atoms with van der Waals surface area (Å²) in [6.45, 7) is 0. The fourth-order valence-corrected chi connectivity index (χ4v) is 8.65. The van der Waals surface area contributed by atoms with Gasteiger partial charge in [-0.15, -0.1) is 0 Å². The molecule has 0 aliphatic rings. The Hall–Kier alpha value is -7.75. The zero-order chi connectivity index (χ0) is 38.4. The maximum atomic E-state index is 5.42. The monoisotopic (exact) mass is 737 g/mol. The second kappa shape index (κ2) is 14.1. The van der Waals surface area contributed by atoms with Crippen LogP contribution in [-0.4, -0.2) is 15.0 Å². The third kappa shape index (κ3) is 5.72. The number of fused-ring (bicyclic) bond motifs is 8. The number of nitrogens with zero attached hydrogens (tertiary/aromatic N) is 3. The van der Waals surface area contributed by atoms with Gasteiger partial charge in [-0.25, -0.2) is 15.0 Å². The summed E-state index contributed by atoms with van der Waals surface area (Å²) in [4.78, 5) is 15.0. The van der Waals surface area contributed by atoms with Gasteiger partial charge in [0.15, 0.2) is 5.82 Å². The molecule has 0 amide bonds. The van der Waals surface area contributed by atoms with E-state index >= 15 is 0 Å². The summed E-state index contributed by atoms with van der Waals surface area (Å²) < 4.78 is 0. The van der Waals surface area contributed by atoms with Crippen LogP contribution in [0, 0.1) is 0 Å². The first-order valence-corrected chi connectivity index (χ1v) is 19.7.